The Bertz CT molecular complexity index is 208. The van der Waals surface area contributed by atoms with Gasteiger partial charge in [-0.2, -0.15) is 0 Å². The zero-order valence-electron chi connectivity index (χ0n) is 7.82. The van der Waals surface area contributed by atoms with Crippen molar-refractivity contribution in [2.24, 2.45) is 0 Å². The lowest BCUT2D eigenvalue weighted by Gasteiger charge is -2.13. The van der Waals surface area contributed by atoms with Crippen molar-refractivity contribution in [3.8, 4) is 0 Å². The Morgan fingerprint density at radius 1 is 1.62 bits per heavy atom. The fraction of sp³-hybridized carbons (Fsp3) is 0.556. The lowest BCUT2D eigenvalue weighted by atomic mass is 10.1. The second-order valence-electron chi connectivity index (χ2n) is 2.58. The fourth-order valence-corrected chi connectivity index (χ4v) is 0.685. The number of ketones is 1. The second-order valence-corrected chi connectivity index (χ2v) is 2.58. The van der Waals surface area contributed by atoms with Crippen LogP contribution >= 0.6 is 0 Å². The zero-order chi connectivity index (χ0) is 10.4. The van der Waals surface area contributed by atoms with Crippen molar-refractivity contribution < 1.29 is 19.4 Å². The molecule has 0 amide bonds. The van der Waals surface area contributed by atoms with Gasteiger partial charge in [0, 0.05) is 6.42 Å². The van der Waals surface area contributed by atoms with Crippen LogP contribution < -0.4 is 0 Å². The van der Waals surface area contributed by atoms with E-state index in [0.717, 1.165) is 0 Å². The van der Waals surface area contributed by atoms with Gasteiger partial charge in [-0.25, -0.2) is 0 Å². The van der Waals surface area contributed by atoms with E-state index in [9.17, 15) is 9.59 Å². The van der Waals surface area contributed by atoms with Gasteiger partial charge < -0.3 is 9.84 Å². The molecule has 0 saturated carbocycles. The summed E-state index contributed by atoms with van der Waals surface area (Å²) < 4.78 is 4.71. The topological polar surface area (TPSA) is 63.6 Å². The summed E-state index contributed by atoms with van der Waals surface area (Å²) in [4.78, 5) is 21.9. The van der Waals surface area contributed by atoms with E-state index < -0.39 is 24.0 Å². The highest BCUT2D eigenvalue weighted by molar-refractivity contribution is 5.90. The van der Waals surface area contributed by atoms with Gasteiger partial charge >= 0.3 is 5.97 Å². The fourth-order valence-electron chi connectivity index (χ4n) is 0.685. The summed E-state index contributed by atoms with van der Waals surface area (Å²) in [6, 6.07) is 0. The minimum atomic E-state index is -1.15. The van der Waals surface area contributed by atoms with Crippen molar-refractivity contribution in [3.63, 3.8) is 0 Å². The Labute approximate surface area is 77.2 Å². The minimum Gasteiger partial charge on any atom is -0.450 e. The number of carbonyl (C=O) groups excluding carboxylic acids is 2. The van der Waals surface area contributed by atoms with E-state index in [1.807, 2.05) is 0 Å². The van der Waals surface area contributed by atoms with Crippen LogP contribution in [0.3, 0.4) is 0 Å². The molecule has 2 unspecified atom stereocenters. The van der Waals surface area contributed by atoms with Crippen molar-refractivity contribution in [2.45, 2.75) is 32.5 Å². The third-order valence-electron chi connectivity index (χ3n) is 1.45. The molecular formula is C9H14O4. The second kappa shape index (κ2) is 5.48. The summed E-state index contributed by atoms with van der Waals surface area (Å²) in [5, 5.41) is 8.92. The number of hydrogen-bond donors (Lipinski definition) is 1. The van der Waals surface area contributed by atoms with Gasteiger partial charge in [-0.05, 0) is 13.0 Å². The first-order valence-electron chi connectivity index (χ1n) is 4.06. The van der Waals surface area contributed by atoms with Gasteiger partial charge in [-0.3, -0.25) is 9.59 Å². The van der Waals surface area contributed by atoms with Crippen LogP contribution in [0.4, 0.5) is 0 Å². The lowest BCUT2D eigenvalue weighted by Crippen LogP contribution is -2.32. The first kappa shape index (κ1) is 11.8. The Balaban J connectivity index is 4.26. The van der Waals surface area contributed by atoms with Crippen LogP contribution in [-0.2, 0) is 14.3 Å². The first-order valence-corrected chi connectivity index (χ1v) is 4.06. The van der Waals surface area contributed by atoms with E-state index in [-0.39, 0.29) is 6.42 Å². The third-order valence-corrected chi connectivity index (χ3v) is 1.45. The minimum absolute atomic E-state index is 0.192. The van der Waals surface area contributed by atoms with E-state index >= 15 is 0 Å². The molecule has 0 aromatic carbocycles. The molecule has 2 atom stereocenters. The van der Waals surface area contributed by atoms with E-state index in [0.29, 0.717) is 0 Å². The maximum Gasteiger partial charge on any atom is 0.306 e. The quantitative estimate of drug-likeness (QED) is 0.500. The van der Waals surface area contributed by atoms with E-state index in [1.165, 1.54) is 13.0 Å². The van der Waals surface area contributed by atoms with Gasteiger partial charge in [0.25, 0.3) is 0 Å². The highest BCUT2D eigenvalue weighted by Gasteiger charge is 2.22. The van der Waals surface area contributed by atoms with Crippen molar-refractivity contribution >= 4 is 11.8 Å². The summed E-state index contributed by atoms with van der Waals surface area (Å²) in [5.74, 6) is -1.05. The number of rotatable bonds is 5. The van der Waals surface area contributed by atoms with E-state index in [4.69, 9.17) is 9.84 Å². The molecule has 0 aromatic rings. The first-order chi connectivity index (χ1) is 6.02. The van der Waals surface area contributed by atoms with Gasteiger partial charge in [0.15, 0.2) is 6.10 Å². The Morgan fingerprint density at radius 3 is 2.46 bits per heavy atom. The Morgan fingerprint density at radius 2 is 2.15 bits per heavy atom. The van der Waals surface area contributed by atoms with Crippen LogP contribution in [0.2, 0.25) is 0 Å². The summed E-state index contributed by atoms with van der Waals surface area (Å²) in [5.41, 5.74) is 0. The largest absolute Gasteiger partial charge is 0.450 e. The highest BCUT2D eigenvalue weighted by atomic mass is 16.5. The molecule has 0 aromatic heterocycles. The number of aliphatic hydroxyl groups excluding tert-OH is 1. The molecule has 0 spiro atoms. The molecule has 13 heavy (non-hydrogen) atoms. The molecule has 0 bridgehead atoms. The molecule has 0 aliphatic rings. The van der Waals surface area contributed by atoms with Crippen molar-refractivity contribution in [1.29, 1.82) is 0 Å². The number of ether oxygens (including phenoxy) is 1. The summed E-state index contributed by atoms with van der Waals surface area (Å²) in [6.45, 7) is 6.28. The van der Waals surface area contributed by atoms with Crippen LogP contribution in [0.15, 0.2) is 12.7 Å². The van der Waals surface area contributed by atoms with Crippen molar-refractivity contribution in [3.05, 3.63) is 12.7 Å². The Kier molecular flexibility index (Phi) is 4.99. The van der Waals surface area contributed by atoms with Gasteiger partial charge in [-0.15, -0.1) is 0 Å². The van der Waals surface area contributed by atoms with Gasteiger partial charge in [0.2, 0.25) is 5.78 Å². The van der Waals surface area contributed by atoms with Gasteiger partial charge in [-0.1, -0.05) is 13.5 Å². The van der Waals surface area contributed by atoms with Crippen LogP contribution in [-0.4, -0.2) is 29.1 Å². The molecular weight excluding hydrogens is 172 g/mol. The summed E-state index contributed by atoms with van der Waals surface area (Å²) in [6.07, 6.45) is -0.792. The zero-order valence-corrected chi connectivity index (χ0v) is 7.82. The third kappa shape index (κ3) is 3.85. The molecule has 0 rings (SSSR count). The standard InChI is InChI=1S/C9H14O4/c1-4-7(9(12)6(3)10)13-8(11)5-2/h4,6-7,10H,1,5H2,2-3H3. The average molecular weight is 186 g/mol. The summed E-state index contributed by atoms with van der Waals surface area (Å²) >= 11 is 0. The number of hydrogen-bond acceptors (Lipinski definition) is 4. The monoisotopic (exact) mass is 186 g/mol. The maximum absolute atomic E-state index is 11.1. The van der Waals surface area contributed by atoms with Crippen LogP contribution in [0, 0.1) is 0 Å². The molecule has 74 valence electrons. The average Bonchev–Trinajstić information content (AvgIpc) is 2.12. The molecule has 0 saturated heterocycles. The molecule has 0 heterocycles. The SMILES string of the molecule is C=CC(OC(=O)CC)C(=O)C(C)O. The molecule has 4 nitrogen and oxygen atoms in total. The van der Waals surface area contributed by atoms with Crippen molar-refractivity contribution in [1.82, 2.24) is 0 Å². The van der Waals surface area contributed by atoms with Gasteiger partial charge in [0.05, 0.1) is 0 Å². The van der Waals surface area contributed by atoms with Crippen LogP contribution in [0.1, 0.15) is 20.3 Å². The maximum atomic E-state index is 11.1. The molecule has 0 aliphatic carbocycles. The van der Waals surface area contributed by atoms with Crippen molar-refractivity contribution in [2.75, 3.05) is 0 Å². The molecule has 0 radical (unpaired) electrons. The molecule has 0 aliphatic heterocycles. The number of Topliss-reactive ketones (excluding diaryl/α,β-unsaturated/α-hetero) is 1. The van der Waals surface area contributed by atoms with Gasteiger partial charge in [0.1, 0.15) is 6.10 Å². The number of aliphatic hydroxyl groups is 1. The lowest BCUT2D eigenvalue weighted by molar-refractivity contribution is -0.154. The predicted octanol–water partition coefficient (Wildman–Crippen LogP) is 0.444. The van der Waals surface area contributed by atoms with Crippen LogP contribution in [0.25, 0.3) is 0 Å². The summed E-state index contributed by atoms with van der Waals surface area (Å²) in [7, 11) is 0. The number of esters is 1. The molecule has 0 fully saturated rings. The number of carbonyl (C=O) groups is 2. The smallest absolute Gasteiger partial charge is 0.306 e. The van der Waals surface area contributed by atoms with Crippen LogP contribution in [0.5, 0.6) is 0 Å². The van der Waals surface area contributed by atoms with E-state index in [1.54, 1.807) is 6.92 Å². The van der Waals surface area contributed by atoms with E-state index in [2.05, 4.69) is 6.58 Å². The normalized spacial score (nSPS) is 14.4. The molecule has 1 N–H and O–H groups in total. The Hall–Kier alpha value is -1.16. The highest BCUT2D eigenvalue weighted by Crippen LogP contribution is 2.01. The predicted molar refractivity (Wildman–Crippen MR) is 47.1 cm³/mol. The molecule has 4 heteroatoms.